The van der Waals surface area contributed by atoms with Gasteiger partial charge in [-0.15, -0.1) is 0 Å². The number of ether oxygens (including phenoxy) is 2. The maximum absolute atomic E-state index is 13.6. The Labute approximate surface area is 354 Å². The van der Waals surface area contributed by atoms with Gasteiger partial charge in [0.2, 0.25) is 11.8 Å². The average Bonchev–Trinajstić information content (AvgIpc) is 4.00. The second-order valence-electron chi connectivity index (χ2n) is 14.2. The number of methoxy groups -OCH3 is 2. The first-order valence-electron chi connectivity index (χ1n) is 19.8. The third kappa shape index (κ3) is 11.5. The molecule has 5 N–H and O–H groups in total. The summed E-state index contributed by atoms with van der Waals surface area (Å²) in [5.41, 5.74) is 6.62. The van der Waals surface area contributed by atoms with Crippen molar-refractivity contribution in [2.75, 3.05) is 27.8 Å². The van der Waals surface area contributed by atoms with Crippen LogP contribution in [0.15, 0.2) is 122 Å². The molecule has 0 fully saturated rings. The first kappa shape index (κ1) is 42.9. The number of H-pyrrole nitrogens is 2. The summed E-state index contributed by atoms with van der Waals surface area (Å²) in [6.07, 6.45) is 4.43. The van der Waals surface area contributed by atoms with Crippen molar-refractivity contribution in [3.63, 3.8) is 0 Å². The van der Waals surface area contributed by atoms with E-state index < -0.39 is 30.3 Å². The normalized spacial score (nSPS) is 12.1. The molecule has 6 rings (SSSR count). The third-order valence-electron chi connectivity index (χ3n) is 10.1. The lowest BCUT2D eigenvalue weighted by atomic mass is 10.1. The van der Waals surface area contributed by atoms with Crippen LogP contribution < -0.4 is 16.0 Å². The van der Waals surface area contributed by atoms with E-state index in [1.807, 2.05) is 85.9 Å². The zero-order valence-electron chi connectivity index (χ0n) is 34.4. The molecule has 14 heteroatoms. The van der Waals surface area contributed by atoms with Gasteiger partial charge in [-0.2, -0.15) is 0 Å². The van der Waals surface area contributed by atoms with E-state index in [9.17, 15) is 19.2 Å². The Bertz CT molecular complexity index is 2460. The van der Waals surface area contributed by atoms with E-state index >= 15 is 0 Å². The molecule has 0 radical (unpaired) electrons. The molecule has 312 valence electrons. The van der Waals surface area contributed by atoms with E-state index in [1.165, 1.54) is 14.2 Å². The van der Waals surface area contributed by atoms with Gasteiger partial charge in [-0.25, -0.2) is 19.6 Å². The minimum Gasteiger partial charge on any atom is -0.453 e. The lowest BCUT2D eigenvalue weighted by Crippen LogP contribution is -2.42. The van der Waals surface area contributed by atoms with Gasteiger partial charge in [0, 0.05) is 31.1 Å². The molecule has 2 aromatic heterocycles. The molecular weight excluding hydrogens is 773 g/mol. The number of unbranched alkanes of at least 4 members (excludes halogenated alkanes) is 1. The first-order valence-corrected chi connectivity index (χ1v) is 19.8. The fourth-order valence-electron chi connectivity index (χ4n) is 6.48. The quantitative estimate of drug-likeness (QED) is 0.0541. The lowest BCUT2D eigenvalue weighted by Gasteiger charge is -2.28. The SMILES string of the molecule is COC(=O)NC(C(=O)NCCCCc1ncc(-c2ccc(C#Cc3ccc(-c4cnc(C(C)N(C)C(=O)C(NC(=O)OC)c5ccccc5)[nH]4)cc3)cc2)[nH]1)c1ccccc1. The monoisotopic (exact) mass is 820 g/mol. The predicted molar refractivity (Wildman–Crippen MR) is 231 cm³/mol. The van der Waals surface area contributed by atoms with Crippen LogP contribution in [0.25, 0.3) is 22.5 Å². The van der Waals surface area contributed by atoms with Crippen molar-refractivity contribution < 1.29 is 28.7 Å². The van der Waals surface area contributed by atoms with E-state index in [-0.39, 0.29) is 11.8 Å². The molecule has 4 aromatic carbocycles. The zero-order valence-corrected chi connectivity index (χ0v) is 34.4. The molecule has 6 aromatic rings. The molecule has 0 aliphatic heterocycles. The van der Waals surface area contributed by atoms with Crippen molar-refractivity contribution in [3.8, 4) is 34.4 Å². The van der Waals surface area contributed by atoms with Crippen LogP contribution >= 0.6 is 0 Å². The number of hydrogen-bond acceptors (Lipinski definition) is 8. The molecule has 0 spiro atoms. The number of amides is 4. The maximum atomic E-state index is 13.6. The minimum atomic E-state index is -0.926. The Morgan fingerprint density at radius 3 is 1.74 bits per heavy atom. The number of alkyl carbamates (subject to hydrolysis) is 2. The Morgan fingerprint density at radius 2 is 1.18 bits per heavy atom. The number of benzene rings is 4. The van der Waals surface area contributed by atoms with Gasteiger partial charge >= 0.3 is 12.2 Å². The maximum Gasteiger partial charge on any atom is 0.407 e. The van der Waals surface area contributed by atoms with Gasteiger partial charge in [-0.1, -0.05) is 96.8 Å². The van der Waals surface area contributed by atoms with E-state index in [0.717, 1.165) is 52.3 Å². The summed E-state index contributed by atoms with van der Waals surface area (Å²) in [4.78, 5) is 67.7. The van der Waals surface area contributed by atoms with Crippen molar-refractivity contribution >= 4 is 24.0 Å². The highest BCUT2D eigenvalue weighted by Gasteiger charge is 2.30. The number of carbonyl (C=O) groups is 4. The van der Waals surface area contributed by atoms with Crippen molar-refractivity contribution in [1.82, 2.24) is 40.8 Å². The average molecular weight is 821 g/mol. The van der Waals surface area contributed by atoms with Gasteiger partial charge in [0.25, 0.3) is 0 Å². The Morgan fingerprint density at radius 1 is 0.672 bits per heavy atom. The number of nitrogens with one attached hydrogen (secondary N) is 5. The molecule has 0 bridgehead atoms. The summed E-state index contributed by atoms with van der Waals surface area (Å²) in [5, 5.41) is 8.15. The molecule has 0 saturated carbocycles. The molecule has 3 unspecified atom stereocenters. The van der Waals surface area contributed by atoms with E-state index in [0.29, 0.717) is 29.9 Å². The molecule has 3 atom stereocenters. The van der Waals surface area contributed by atoms with Gasteiger partial charge < -0.3 is 40.3 Å². The molecule has 0 saturated heterocycles. The van der Waals surface area contributed by atoms with Crippen LogP contribution in [0.2, 0.25) is 0 Å². The summed E-state index contributed by atoms with van der Waals surface area (Å²) in [6, 6.07) is 31.6. The van der Waals surface area contributed by atoms with E-state index in [2.05, 4.69) is 47.7 Å². The number of aryl methyl sites for hydroxylation is 1. The minimum absolute atomic E-state index is 0.304. The van der Waals surface area contributed by atoms with Crippen molar-refractivity contribution in [2.24, 2.45) is 0 Å². The van der Waals surface area contributed by atoms with Gasteiger partial charge in [0.1, 0.15) is 23.7 Å². The first-order chi connectivity index (χ1) is 29.6. The highest BCUT2D eigenvalue weighted by atomic mass is 16.5. The van der Waals surface area contributed by atoms with E-state index in [1.54, 1.807) is 54.5 Å². The standard InChI is InChI=1S/C47H48N8O6/c1-31(55(2)45(57)42(54-47(59)61-4)37-15-9-6-10-16-37)43-50-30-39(52-43)35-26-22-33(23-27-35)19-18-32-20-24-34(25-21-32)38-29-49-40(51-38)17-11-12-28-48-44(56)41(53-46(58)60-3)36-13-7-5-8-14-36/h5-10,13-16,20-27,29-31,41-42H,11-12,17,28H2,1-4H3,(H,48,56)(H,49,51)(H,50,52)(H,53,58)(H,54,59). The van der Waals surface area contributed by atoms with Gasteiger partial charge in [0.05, 0.1) is 44.0 Å². The summed E-state index contributed by atoms with van der Waals surface area (Å²) in [5.74, 6) is 7.30. The Balaban J connectivity index is 0.979. The van der Waals surface area contributed by atoms with E-state index in [4.69, 9.17) is 9.47 Å². The summed E-state index contributed by atoms with van der Waals surface area (Å²) < 4.78 is 9.46. The van der Waals surface area contributed by atoms with Gasteiger partial charge in [0.15, 0.2) is 0 Å². The molecule has 0 aliphatic rings. The van der Waals surface area contributed by atoms with Crippen LogP contribution in [-0.4, -0.2) is 76.6 Å². The van der Waals surface area contributed by atoms with Crippen LogP contribution in [0.3, 0.4) is 0 Å². The summed E-state index contributed by atoms with van der Waals surface area (Å²) >= 11 is 0. The number of hydrogen-bond donors (Lipinski definition) is 5. The second kappa shape index (κ2) is 20.9. The Kier molecular flexibility index (Phi) is 14.7. The lowest BCUT2D eigenvalue weighted by molar-refractivity contribution is -0.134. The van der Waals surface area contributed by atoms with Crippen molar-refractivity contribution in [1.29, 1.82) is 0 Å². The highest BCUT2D eigenvalue weighted by molar-refractivity contribution is 5.87. The third-order valence-corrected chi connectivity index (χ3v) is 10.1. The van der Waals surface area contributed by atoms with Gasteiger partial charge in [-0.05, 0) is 66.3 Å². The highest BCUT2D eigenvalue weighted by Crippen LogP contribution is 2.26. The second-order valence-corrected chi connectivity index (χ2v) is 14.2. The smallest absolute Gasteiger partial charge is 0.407 e. The number of aromatic nitrogens is 4. The number of nitrogens with zero attached hydrogens (tertiary/aromatic N) is 3. The van der Waals surface area contributed by atoms with Gasteiger partial charge in [-0.3, -0.25) is 9.59 Å². The van der Waals surface area contributed by atoms with Crippen LogP contribution in [0.4, 0.5) is 9.59 Å². The molecule has 4 amide bonds. The summed E-state index contributed by atoms with van der Waals surface area (Å²) in [7, 11) is 4.19. The Hall–Kier alpha value is -7.66. The number of likely N-dealkylation sites (N-methyl/N-ethyl adjacent to an activating group) is 1. The molecular formula is C47H48N8O6. The van der Waals surface area contributed by atoms with Crippen LogP contribution in [-0.2, 0) is 25.5 Å². The molecule has 0 aliphatic carbocycles. The topological polar surface area (TPSA) is 183 Å². The van der Waals surface area contributed by atoms with Crippen molar-refractivity contribution in [2.45, 2.75) is 44.3 Å². The number of carbonyl (C=O) groups excluding carboxylic acids is 4. The van der Waals surface area contributed by atoms with Crippen LogP contribution in [0.5, 0.6) is 0 Å². The fourth-order valence-corrected chi connectivity index (χ4v) is 6.48. The molecule has 14 nitrogen and oxygen atoms in total. The summed E-state index contributed by atoms with van der Waals surface area (Å²) in [6.45, 7) is 2.32. The number of aromatic amines is 2. The fraction of sp³-hybridized carbons (Fsp3) is 0.234. The zero-order chi connectivity index (χ0) is 43.1. The number of imidazole rings is 2. The largest absolute Gasteiger partial charge is 0.453 e. The number of rotatable bonds is 15. The molecule has 61 heavy (non-hydrogen) atoms. The molecule has 2 heterocycles. The van der Waals surface area contributed by atoms with Crippen molar-refractivity contribution in [3.05, 3.63) is 155 Å². The van der Waals surface area contributed by atoms with Crippen LogP contribution in [0, 0.1) is 11.8 Å². The van der Waals surface area contributed by atoms with Crippen LogP contribution in [0.1, 0.15) is 71.8 Å². The predicted octanol–water partition coefficient (Wildman–Crippen LogP) is 7.02.